The second kappa shape index (κ2) is 8.40. The molecule has 0 heterocycles. The van der Waals surface area contributed by atoms with Crippen LogP contribution in [-0.2, 0) is 4.79 Å². The first-order valence-electron chi connectivity index (χ1n) is 4.81. The number of hydrogen-bond donors (Lipinski definition) is 3. The smallest absolute Gasteiger partial charge is 0.233 e. The fourth-order valence-electron chi connectivity index (χ4n) is 0.961. The zero-order chi connectivity index (χ0) is 13.3. The third-order valence-corrected chi connectivity index (χ3v) is 2.37. The number of amidine groups is 1. The summed E-state index contributed by atoms with van der Waals surface area (Å²) in [5.74, 6) is -0.202. The number of thioether (sulfide) groups is 1. The minimum Gasteiger partial charge on any atom is -0.370 e. The van der Waals surface area contributed by atoms with Gasteiger partial charge >= 0.3 is 0 Å². The van der Waals surface area contributed by atoms with Crippen molar-refractivity contribution in [3.63, 3.8) is 0 Å². The van der Waals surface area contributed by atoms with Gasteiger partial charge in [0.05, 0.1) is 5.75 Å². The monoisotopic (exact) mass is 255 g/mol. The van der Waals surface area contributed by atoms with Crippen molar-refractivity contribution in [2.45, 2.75) is 0 Å². The molecule has 0 spiro atoms. The van der Waals surface area contributed by atoms with Crippen LogP contribution in [0, 0.1) is 5.41 Å². The Morgan fingerprint density at radius 1 is 1.35 bits per heavy atom. The molecule has 0 fully saturated rings. The van der Waals surface area contributed by atoms with Gasteiger partial charge in [-0.2, -0.15) is 4.99 Å². The van der Waals surface area contributed by atoms with Crippen LogP contribution in [0.5, 0.6) is 0 Å². The fourth-order valence-corrected chi connectivity index (χ4v) is 1.57. The molecule has 0 rings (SSSR count). The van der Waals surface area contributed by atoms with Gasteiger partial charge in [-0.15, -0.1) is 13.2 Å². The van der Waals surface area contributed by atoms with E-state index in [4.69, 9.17) is 16.9 Å². The number of hydrogen-bond acceptors (Lipinski definition) is 3. The number of rotatable bonds is 6. The van der Waals surface area contributed by atoms with Crippen LogP contribution < -0.4 is 11.5 Å². The number of nitrogens with one attached hydrogen (secondary N) is 1. The second-order valence-corrected chi connectivity index (χ2v) is 3.97. The fraction of sp³-hybridized carbons (Fsp3) is 0.300. The van der Waals surface area contributed by atoms with Crippen LogP contribution in [0.15, 0.2) is 30.3 Å². The Kier molecular flexibility index (Phi) is 7.53. The molecule has 0 aromatic rings. The molecule has 0 atom stereocenters. The van der Waals surface area contributed by atoms with Gasteiger partial charge in [0, 0.05) is 13.1 Å². The SMILES string of the molecule is C=CCN(CC=C)C(=O)CSC(=N)N=C(N)N. The van der Waals surface area contributed by atoms with Gasteiger partial charge in [-0.1, -0.05) is 23.9 Å². The highest BCUT2D eigenvalue weighted by Crippen LogP contribution is 2.05. The first kappa shape index (κ1) is 15.2. The second-order valence-electron chi connectivity index (χ2n) is 3.01. The average molecular weight is 255 g/mol. The van der Waals surface area contributed by atoms with Crippen LogP contribution in [-0.4, -0.2) is 40.8 Å². The first-order chi connectivity index (χ1) is 8.01. The predicted octanol–water partition coefficient (Wildman–Crippen LogP) is 0.128. The molecule has 0 aromatic carbocycles. The summed E-state index contributed by atoms with van der Waals surface area (Å²) in [5.41, 5.74) is 10.2. The maximum Gasteiger partial charge on any atom is 0.233 e. The zero-order valence-corrected chi connectivity index (χ0v) is 10.4. The molecule has 0 bridgehead atoms. The van der Waals surface area contributed by atoms with Crippen LogP contribution >= 0.6 is 11.8 Å². The molecule has 0 aliphatic heterocycles. The molecule has 0 saturated heterocycles. The van der Waals surface area contributed by atoms with Crippen LogP contribution in [0.3, 0.4) is 0 Å². The van der Waals surface area contributed by atoms with Crippen molar-refractivity contribution >= 4 is 28.8 Å². The summed E-state index contributed by atoms with van der Waals surface area (Å²) in [4.78, 5) is 16.8. The molecule has 0 aromatic heterocycles. The van der Waals surface area contributed by atoms with Crippen molar-refractivity contribution in [3.05, 3.63) is 25.3 Å². The number of carbonyl (C=O) groups is 1. The predicted molar refractivity (Wildman–Crippen MR) is 73.0 cm³/mol. The summed E-state index contributed by atoms with van der Waals surface area (Å²) >= 11 is 0.969. The molecular weight excluding hydrogens is 238 g/mol. The zero-order valence-electron chi connectivity index (χ0n) is 9.56. The molecule has 17 heavy (non-hydrogen) atoms. The molecule has 1 amide bonds. The standard InChI is InChI=1S/C10H17N5OS/c1-3-5-15(6-4-2)8(16)7-17-10(13)14-9(11)12/h3-4H,1-2,5-7H2,(H5,11,12,13,14). The maximum absolute atomic E-state index is 11.7. The van der Waals surface area contributed by atoms with E-state index < -0.39 is 0 Å². The van der Waals surface area contributed by atoms with E-state index in [9.17, 15) is 4.79 Å². The average Bonchev–Trinajstić information content (AvgIpc) is 2.24. The van der Waals surface area contributed by atoms with E-state index in [1.807, 2.05) is 0 Å². The molecular formula is C10H17N5OS. The van der Waals surface area contributed by atoms with Crippen LogP contribution in [0.25, 0.3) is 0 Å². The minimum atomic E-state index is -0.191. The Morgan fingerprint density at radius 2 is 1.88 bits per heavy atom. The lowest BCUT2D eigenvalue weighted by Crippen LogP contribution is -2.33. The third-order valence-electron chi connectivity index (χ3n) is 1.61. The van der Waals surface area contributed by atoms with Crippen LogP contribution in [0.1, 0.15) is 0 Å². The van der Waals surface area contributed by atoms with Crippen molar-refractivity contribution in [1.82, 2.24) is 4.90 Å². The highest BCUT2D eigenvalue weighted by Gasteiger charge is 2.11. The molecule has 6 nitrogen and oxygen atoms in total. The maximum atomic E-state index is 11.7. The molecule has 0 aliphatic carbocycles. The number of amides is 1. The van der Waals surface area contributed by atoms with Gasteiger partial charge in [0.2, 0.25) is 5.91 Å². The highest BCUT2D eigenvalue weighted by atomic mass is 32.2. The van der Waals surface area contributed by atoms with Gasteiger partial charge in [-0.3, -0.25) is 10.2 Å². The van der Waals surface area contributed by atoms with Gasteiger partial charge < -0.3 is 16.4 Å². The van der Waals surface area contributed by atoms with Crippen molar-refractivity contribution in [1.29, 1.82) is 5.41 Å². The molecule has 0 saturated carbocycles. The van der Waals surface area contributed by atoms with Crippen molar-refractivity contribution in [2.24, 2.45) is 16.5 Å². The summed E-state index contributed by atoms with van der Waals surface area (Å²) in [6, 6.07) is 0. The number of carbonyl (C=O) groups excluding carboxylic acids is 1. The molecule has 7 heteroatoms. The first-order valence-corrected chi connectivity index (χ1v) is 5.80. The van der Waals surface area contributed by atoms with Crippen molar-refractivity contribution < 1.29 is 4.79 Å². The van der Waals surface area contributed by atoms with Gasteiger partial charge in [-0.05, 0) is 0 Å². The van der Waals surface area contributed by atoms with Crippen LogP contribution in [0.2, 0.25) is 0 Å². The molecule has 94 valence electrons. The number of aliphatic imine (C=N–C) groups is 1. The lowest BCUT2D eigenvalue weighted by molar-refractivity contribution is -0.127. The molecule has 0 aliphatic rings. The topological polar surface area (TPSA) is 109 Å². The lowest BCUT2D eigenvalue weighted by atomic mass is 10.4. The molecule has 0 unspecified atom stereocenters. The van der Waals surface area contributed by atoms with Gasteiger partial charge in [0.25, 0.3) is 0 Å². The molecule has 5 N–H and O–H groups in total. The van der Waals surface area contributed by atoms with Gasteiger partial charge in [-0.25, -0.2) is 0 Å². The molecule has 0 radical (unpaired) electrons. The Morgan fingerprint density at radius 3 is 2.29 bits per heavy atom. The number of guanidine groups is 1. The Balaban J connectivity index is 4.22. The third kappa shape index (κ3) is 7.18. The summed E-state index contributed by atoms with van der Waals surface area (Å²) in [6.45, 7) is 8.03. The van der Waals surface area contributed by atoms with E-state index in [0.29, 0.717) is 13.1 Å². The normalized spacial score (nSPS) is 9.18. The summed E-state index contributed by atoms with van der Waals surface area (Å²) in [7, 11) is 0. The number of nitrogens with two attached hydrogens (primary N) is 2. The van der Waals surface area contributed by atoms with Crippen molar-refractivity contribution in [2.75, 3.05) is 18.8 Å². The quantitative estimate of drug-likeness (QED) is 0.356. The highest BCUT2D eigenvalue weighted by molar-refractivity contribution is 8.14. The van der Waals surface area contributed by atoms with Crippen LogP contribution in [0.4, 0.5) is 0 Å². The van der Waals surface area contributed by atoms with E-state index in [0.717, 1.165) is 11.8 Å². The van der Waals surface area contributed by atoms with E-state index in [1.54, 1.807) is 17.1 Å². The van der Waals surface area contributed by atoms with E-state index >= 15 is 0 Å². The Bertz CT molecular complexity index is 326. The number of nitrogens with zero attached hydrogens (tertiary/aromatic N) is 2. The Labute approximate surface area is 105 Å². The van der Waals surface area contributed by atoms with E-state index in [2.05, 4.69) is 18.2 Å². The summed E-state index contributed by atoms with van der Waals surface area (Å²) < 4.78 is 0. The van der Waals surface area contributed by atoms with Gasteiger partial charge in [0.1, 0.15) is 0 Å². The Hall–Kier alpha value is -1.76. The minimum absolute atomic E-state index is 0.0875. The summed E-state index contributed by atoms with van der Waals surface area (Å²) in [6.07, 6.45) is 3.26. The lowest BCUT2D eigenvalue weighted by Gasteiger charge is -2.18. The van der Waals surface area contributed by atoms with E-state index in [-0.39, 0.29) is 22.8 Å². The largest absolute Gasteiger partial charge is 0.370 e. The van der Waals surface area contributed by atoms with Gasteiger partial charge in [0.15, 0.2) is 11.1 Å². The van der Waals surface area contributed by atoms with Crippen molar-refractivity contribution in [3.8, 4) is 0 Å². The summed E-state index contributed by atoms with van der Waals surface area (Å²) in [5, 5.41) is 7.27. The van der Waals surface area contributed by atoms with E-state index in [1.165, 1.54) is 0 Å².